The highest BCUT2D eigenvalue weighted by atomic mass is 16.2. The van der Waals surface area contributed by atoms with Gasteiger partial charge in [-0.15, -0.1) is 0 Å². The van der Waals surface area contributed by atoms with Crippen LogP contribution in [0.1, 0.15) is 23.6 Å². The Labute approximate surface area is 151 Å². The average Bonchev–Trinajstić information content (AvgIpc) is 3.19. The standard InChI is InChI=1S/C20H20N4O2/c25-18(12-11-15-7-3-1-4-8-15)23-19(16-9-5-2-6-10-16)20(26)22-17-13-14-21-24-17/h1-10,13-14,19H,11-12H2,(H,23,25)(H2,21,22,24,26). The third-order valence-electron chi connectivity index (χ3n) is 3.94. The lowest BCUT2D eigenvalue weighted by Gasteiger charge is -2.18. The summed E-state index contributed by atoms with van der Waals surface area (Å²) in [5, 5.41) is 12.0. The van der Waals surface area contributed by atoms with Crippen LogP contribution in [0.15, 0.2) is 72.9 Å². The fourth-order valence-electron chi connectivity index (χ4n) is 2.61. The molecule has 1 aromatic heterocycles. The van der Waals surface area contributed by atoms with E-state index in [0.717, 1.165) is 11.1 Å². The van der Waals surface area contributed by atoms with E-state index in [9.17, 15) is 9.59 Å². The summed E-state index contributed by atoms with van der Waals surface area (Å²) in [5.74, 6) is -0.0227. The Morgan fingerprint density at radius 1 is 0.962 bits per heavy atom. The molecule has 3 rings (SSSR count). The first-order valence-corrected chi connectivity index (χ1v) is 8.41. The molecule has 26 heavy (non-hydrogen) atoms. The first-order chi connectivity index (χ1) is 12.7. The molecule has 0 aliphatic carbocycles. The third kappa shape index (κ3) is 4.80. The summed E-state index contributed by atoms with van der Waals surface area (Å²) in [6, 6.07) is 19.8. The van der Waals surface area contributed by atoms with Gasteiger partial charge in [-0.25, -0.2) is 0 Å². The lowest BCUT2D eigenvalue weighted by Crippen LogP contribution is -2.37. The maximum absolute atomic E-state index is 12.6. The Hall–Kier alpha value is -3.41. The fraction of sp³-hybridized carbons (Fsp3) is 0.150. The molecule has 0 saturated heterocycles. The van der Waals surface area contributed by atoms with Crippen molar-refractivity contribution in [2.45, 2.75) is 18.9 Å². The van der Waals surface area contributed by atoms with Crippen molar-refractivity contribution in [3.63, 3.8) is 0 Å². The lowest BCUT2D eigenvalue weighted by atomic mass is 10.0. The Kier molecular flexibility index (Phi) is 5.77. The zero-order valence-corrected chi connectivity index (χ0v) is 14.2. The molecule has 0 fully saturated rings. The SMILES string of the molecule is O=C(CCc1ccccc1)NC(C(=O)Nc1ccn[nH]1)c1ccccc1. The number of nitrogens with zero attached hydrogens (tertiary/aromatic N) is 1. The average molecular weight is 348 g/mol. The van der Waals surface area contributed by atoms with E-state index in [-0.39, 0.29) is 11.8 Å². The van der Waals surface area contributed by atoms with Crippen molar-refractivity contribution in [2.24, 2.45) is 0 Å². The van der Waals surface area contributed by atoms with Gasteiger partial charge in [-0.2, -0.15) is 5.10 Å². The first-order valence-electron chi connectivity index (χ1n) is 8.41. The molecule has 0 spiro atoms. The lowest BCUT2D eigenvalue weighted by molar-refractivity contribution is -0.126. The number of nitrogens with one attached hydrogen (secondary N) is 3. The molecule has 1 heterocycles. The van der Waals surface area contributed by atoms with E-state index in [1.54, 1.807) is 12.3 Å². The van der Waals surface area contributed by atoms with Crippen LogP contribution in [-0.2, 0) is 16.0 Å². The van der Waals surface area contributed by atoms with Gasteiger partial charge in [0.2, 0.25) is 5.91 Å². The molecule has 6 nitrogen and oxygen atoms in total. The molecule has 0 radical (unpaired) electrons. The van der Waals surface area contributed by atoms with Crippen LogP contribution in [0.2, 0.25) is 0 Å². The highest BCUT2D eigenvalue weighted by Gasteiger charge is 2.23. The predicted octanol–water partition coefficient (Wildman–Crippen LogP) is 2.84. The van der Waals surface area contributed by atoms with Gasteiger partial charge in [0.05, 0.1) is 6.20 Å². The maximum atomic E-state index is 12.6. The quantitative estimate of drug-likeness (QED) is 0.613. The molecule has 1 atom stereocenters. The molecule has 3 aromatic rings. The summed E-state index contributed by atoms with van der Waals surface area (Å²) in [6.07, 6.45) is 2.48. The Balaban J connectivity index is 1.67. The number of amides is 2. The number of aromatic amines is 1. The number of aromatic nitrogens is 2. The van der Waals surface area contributed by atoms with Crippen LogP contribution < -0.4 is 10.6 Å². The summed E-state index contributed by atoms with van der Waals surface area (Å²) in [5.41, 5.74) is 1.80. The predicted molar refractivity (Wildman–Crippen MR) is 99.3 cm³/mol. The molecule has 0 saturated carbocycles. The molecule has 0 aliphatic heterocycles. The monoisotopic (exact) mass is 348 g/mol. The number of benzene rings is 2. The highest BCUT2D eigenvalue weighted by molar-refractivity contribution is 5.97. The van der Waals surface area contributed by atoms with Crippen LogP contribution in [0.5, 0.6) is 0 Å². The van der Waals surface area contributed by atoms with Crippen LogP contribution in [-0.4, -0.2) is 22.0 Å². The van der Waals surface area contributed by atoms with Crippen molar-refractivity contribution in [2.75, 3.05) is 5.32 Å². The second-order valence-corrected chi connectivity index (χ2v) is 5.86. The van der Waals surface area contributed by atoms with Gasteiger partial charge in [-0.1, -0.05) is 60.7 Å². The molecule has 0 bridgehead atoms. The second-order valence-electron chi connectivity index (χ2n) is 5.86. The first kappa shape index (κ1) is 17.4. The van der Waals surface area contributed by atoms with Crippen molar-refractivity contribution in [1.29, 1.82) is 0 Å². The summed E-state index contributed by atoms with van der Waals surface area (Å²) in [6.45, 7) is 0. The van der Waals surface area contributed by atoms with Gasteiger partial charge < -0.3 is 10.6 Å². The number of H-pyrrole nitrogens is 1. The molecule has 6 heteroatoms. The number of hydrogen-bond acceptors (Lipinski definition) is 3. The highest BCUT2D eigenvalue weighted by Crippen LogP contribution is 2.15. The van der Waals surface area contributed by atoms with Crippen molar-refractivity contribution >= 4 is 17.6 Å². The molecule has 2 aromatic carbocycles. The van der Waals surface area contributed by atoms with Gasteiger partial charge in [0.15, 0.2) is 0 Å². The molecule has 2 amide bonds. The number of hydrogen-bond donors (Lipinski definition) is 3. The smallest absolute Gasteiger partial charge is 0.252 e. The zero-order chi connectivity index (χ0) is 18.2. The third-order valence-corrected chi connectivity index (χ3v) is 3.94. The topological polar surface area (TPSA) is 86.9 Å². The second kappa shape index (κ2) is 8.62. The van der Waals surface area contributed by atoms with Crippen molar-refractivity contribution < 1.29 is 9.59 Å². The van der Waals surface area contributed by atoms with Gasteiger partial charge in [-0.3, -0.25) is 14.7 Å². The van der Waals surface area contributed by atoms with E-state index in [0.29, 0.717) is 18.7 Å². The van der Waals surface area contributed by atoms with Crippen LogP contribution in [0, 0.1) is 0 Å². The molecule has 132 valence electrons. The molecule has 0 aliphatic rings. The van der Waals surface area contributed by atoms with Crippen molar-refractivity contribution in [3.05, 3.63) is 84.1 Å². The molecular weight excluding hydrogens is 328 g/mol. The van der Waals surface area contributed by atoms with E-state index in [1.165, 1.54) is 0 Å². The van der Waals surface area contributed by atoms with Gasteiger partial charge in [0.25, 0.3) is 5.91 Å². The Morgan fingerprint density at radius 3 is 2.31 bits per heavy atom. The van der Waals surface area contributed by atoms with Gasteiger partial charge in [-0.05, 0) is 17.5 Å². The number of carbonyl (C=O) groups excluding carboxylic acids is 2. The van der Waals surface area contributed by atoms with E-state index in [4.69, 9.17) is 0 Å². The summed E-state index contributed by atoms with van der Waals surface area (Å²) in [4.78, 5) is 25.0. The summed E-state index contributed by atoms with van der Waals surface area (Å²) in [7, 11) is 0. The van der Waals surface area contributed by atoms with Gasteiger partial charge in [0.1, 0.15) is 11.9 Å². The van der Waals surface area contributed by atoms with E-state index in [2.05, 4.69) is 20.8 Å². The fourth-order valence-corrected chi connectivity index (χ4v) is 2.61. The van der Waals surface area contributed by atoms with Crippen molar-refractivity contribution in [3.8, 4) is 0 Å². The Bertz CT molecular complexity index is 833. The van der Waals surface area contributed by atoms with Gasteiger partial charge in [0, 0.05) is 12.5 Å². The molecule has 1 unspecified atom stereocenters. The van der Waals surface area contributed by atoms with Gasteiger partial charge >= 0.3 is 0 Å². The van der Waals surface area contributed by atoms with Crippen LogP contribution in [0.4, 0.5) is 5.82 Å². The minimum absolute atomic E-state index is 0.178. The maximum Gasteiger partial charge on any atom is 0.252 e. The normalized spacial score (nSPS) is 11.5. The number of anilines is 1. The van der Waals surface area contributed by atoms with E-state index >= 15 is 0 Å². The Morgan fingerprint density at radius 2 is 1.65 bits per heavy atom. The van der Waals surface area contributed by atoms with Crippen LogP contribution in [0.25, 0.3) is 0 Å². The van der Waals surface area contributed by atoms with Crippen LogP contribution in [0.3, 0.4) is 0 Å². The largest absolute Gasteiger partial charge is 0.341 e. The number of rotatable bonds is 7. The zero-order valence-electron chi connectivity index (χ0n) is 14.2. The number of aryl methyl sites for hydroxylation is 1. The summed E-state index contributed by atoms with van der Waals surface area (Å²) < 4.78 is 0. The van der Waals surface area contributed by atoms with Crippen LogP contribution >= 0.6 is 0 Å². The minimum Gasteiger partial charge on any atom is -0.341 e. The van der Waals surface area contributed by atoms with E-state index in [1.807, 2.05) is 60.7 Å². The summed E-state index contributed by atoms with van der Waals surface area (Å²) >= 11 is 0. The number of carbonyl (C=O) groups is 2. The molecule has 3 N–H and O–H groups in total. The van der Waals surface area contributed by atoms with Crippen molar-refractivity contribution in [1.82, 2.24) is 15.5 Å². The minimum atomic E-state index is -0.775. The van der Waals surface area contributed by atoms with E-state index < -0.39 is 6.04 Å². The molecular formula is C20H20N4O2.